The van der Waals surface area contributed by atoms with Gasteiger partial charge in [-0.3, -0.25) is 13.8 Å². The highest BCUT2D eigenvalue weighted by Gasteiger charge is 2.32. The van der Waals surface area contributed by atoms with Crippen molar-refractivity contribution in [2.75, 3.05) is 17.2 Å². The van der Waals surface area contributed by atoms with Crippen molar-refractivity contribution in [2.45, 2.75) is 17.1 Å². The summed E-state index contributed by atoms with van der Waals surface area (Å²) < 4.78 is 12.8. The number of benzene rings is 3. The summed E-state index contributed by atoms with van der Waals surface area (Å²) in [5, 5.41) is 5.39. The molecule has 146 valence electrons. The molecule has 1 aliphatic rings. The molecule has 29 heavy (non-hydrogen) atoms. The van der Waals surface area contributed by atoms with E-state index in [9.17, 15) is 13.8 Å². The van der Waals surface area contributed by atoms with Gasteiger partial charge in [0, 0.05) is 23.4 Å². The van der Waals surface area contributed by atoms with Crippen LogP contribution in [0, 0.1) is 6.92 Å². The second-order valence-corrected chi connectivity index (χ2v) is 8.48. The lowest BCUT2D eigenvalue weighted by molar-refractivity contribution is 0.0989. The Labute approximate surface area is 171 Å². The number of fused-ring (bicyclic) bond motifs is 1. The number of aryl methyl sites for hydroxylation is 1. The molecule has 0 fully saturated rings. The number of Topliss-reactive ketones (excluding diaryl/α,β-unsaturated/α-hetero) is 1. The minimum atomic E-state index is -1.41. The highest BCUT2D eigenvalue weighted by Crippen LogP contribution is 2.28. The minimum absolute atomic E-state index is 0.179. The molecule has 1 heterocycles. The molecule has 0 bridgehead atoms. The van der Waals surface area contributed by atoms with Gasteiger partial charge in [0.05, 0.1) is 21.4 Å². The molecular weight excluding hydrogens is 384 g/mol. The molecule has 3 aromatic rings. The molecule has 2 unspecified atom stereocenters. The predicted octanol–water partition coefficient (Wildman–Crippen LogP) is 4.03. The molecule has 2 atom stereocenters. The maximum Gasteiger partial charge on any atom is 0.255 e. The van der Waals surface area contributed by atoms with Crippen LogP contribution in [0.25, 0.3) is 0 Å². The first-order valence-electron chi connectivity index (χ1n) is 9.29. The van der Waals surface area contributed by atoms with Gasteiger partial charge in [0.15, 0.2) is 5.78 Å². The van der Waals surface area contributed by atoms with Crippen LogP contribution in [0.2, 0.25) is 0 Å². The molecule has 0 spiro atoms. The number of rotatable bonds is 4. The smallest absolute Gasteiger partial charge is 0.255 e. The van der Waals surface area contributed by atoms with Crippen molar-refractivity contribution in [2.24, 2.45) is 0 Å². The van der Waals surface area contributed by atoms with Gasteiger partial charge in [-0.25, -0.2) is 0 Å². The summed E-state index contributed by atoms with van der Waals surface area (Å²) in [4.78, 5) is 26.0. The van der Waals surface area contributed by atoms with Crippen LogP contribution in [0.15, 0.2) is 77.7 Å². The molecule has 3 aromatic carbocycles. The van der Waals surface area contributed by atoms with E-state index in [0.29, 0.717) is 28.3 Å². The summed E-state index contributed by atoms with van der Waals surface area (Å²) in [6.07, 6.45) is 0. The van der Waals surface area contributed by atoms with Gasteiger partial charge in [-0.05, 0) is 55.0 Å². The normalized spacial score (nSPS) is 17.7. The number of carbonyl (C=O) groups excluding carboxylic acids is 2. The molecule has 0 saturated carbocycles. The van der Waals surface area contributed by atoms with Crippen LogP contribution in [0.5, 0.6) is 0 Å². The molecule has 4 rings (SSSR count). The Bertz CT molecular complexity index is 1110. The Balaban J connectivity index is 1.48. The lowest BCUT2D eigenvalue weighted by atomic mass is 10.1. The summed E-state index contributed by atoms with van der Waals surface area (Å²) in [5.74, 6) is -0.376. The number of hydrogen-bond acceptors (Lipinski definition) is 4. The second-order valence-electron chi connectivity index (χ2n) is 6.87. The Morgan fingerprint density at radius 2 is 1.66 bits per heavy atom. The van der Waals surface area contributed by atoms with E-state index >= 15 is 0 Å². The van der Waals surface area contributed by atoms with Crippen molar-refractivity contribution < 1.29 is 13.8 Å². The monoisotopic (exact) mass is 404 g/mol. The van der Waals surface area contributed by atoms with Gasteiger partial charge in [0.1, 0.15) is 5.25 Å². The third-order valence-electron chi connectivity index (χ3n) is 4.95. The van der Waals surface area contributed by atoms with Gasteiger partial charge in [0.25, 0.3) is 5.91 Å². The number of anilines is 2. The number of hydrogen-bond donors (Lipinski definition) is 2. The minimum Gasteiger partial charge on any atom is -0.382 e. The van der Waals surface area contributed by atoms with Crippen LogP contribution in [0.1, 0.15) is 26.3 Å². The third-order valence-corrected chi connectivity index (χ3v) is 6.64. The molecule has 2 N–H and O–H groups in total. The first-order valence-corrected chi connectivity index (χ1v) is 10.5. The van der Waals surface area contributed by atoms with Gasteiger partial charge in [0.2, 0.25) is 0 Å². The SMILES string of the molecule is Cc1ccccc1C(=O)Nc1ccc(C(=O)C2CNc3ccccc3S2=O)cc1. The van der Waals surface area contributed by atoms with Crippen molar-refractivity contribution in [3.63, 3.8) is 0 Å². The number of carbonyl (C=O) groups is 2. The average Bonchev–Trinajstić information content (AvgIpc) is 2.74. The molecule has 5 nitrogen and oxygen atoms in total. The topological polar surface area (TPSA) is 75.3 Å². The Morgan fingerprint density at radius 1 is 0.966 bits per heavy atom. The molecule has 1 amide bonds. The molecule has 0 aromatic heterocycles. The maximum absolute atomic E-state index is 12.9. The Hall–Kier alpha value is -3.25. The zero-order chi connectivity index (χ0) is 20.4. The third kappa shape index (κ3) is 3.84. The van der Waals surface area contributed by atoms with E-state index in [1.165, 1.54) is 0 Å². The number of nitrogens with one attached hydrogen (secondary N) is 2. The van der Waals surface area contributed by atoms with Crippen molar-refractivity contribution in [3.05, 3.63) is 89.5 Å². The standard InChI is InChI=1S/C23H20N2O3S/c1-15-6-2-3-7-18(15)23(27)25-17-12-10-16(11-13-17)22(26)21-14-24-19-8-4-5-9-20(19)29(21)28/h2-13,21,24H,14H2,1H3,(H,25,27). The van der Waals surface area contributed by atoms with Crippen LogP contribution in [0.4, 0.5) is 11.4 Å². The van der Waals surface area contributed by atoms with Gasteiger partial charge < -0.3 is 10.6 Å². The van der Waals surface area contributed by atoms with E-state index < -0.39 is 16.0 Å². The van der Waals surface area contributed by atoms with Crippen LogP contribution in [-0.2, 0) is 10.8 Å². The van der Waals surface area contributed by atoms with E-state index in [0.717, 1.165) is 11.3 Å². The fraction of sp³-hybridized carbons (Fsp3) is 0.130. The molecule has 0 aliphatic carbocycles. The van der Waals surface area contributed by atoms with Crippen molar-refractivity contribution in [1.29, 1.82) is 0 Å². The largest absolute Gasteiger partial charge is 0.382 e. The van der Waals surface area contributed by atoms with Crippen LogP contribution >= 0.6 is 0 Å². The summed E-state index contributed by atoms with van der Waals surface area (Å²) >= 11 is 0. The summed E-state index contributed by atoms with van der Waals surface area (Å²) in [7, 11) is -1.41. The van der Waals surface area contributed by atoms with Gasteiger partial charge in [-0.2, -0.15) is 0 Å². The zero-order valence-corrected chi connectivity index (χ0v) is 16.7. The van der Waals surface area contributed by atoms with E-state index in [2.05, 4.69) is 10.6 Å². The van der Waals surface area contributed by atoms with E-state index in [1.54, 1.807) is 36.4 Å². The summed E-state index contributed by atoms with van der Waals surface area (Å²) in [6, 6.07) is 21.4. The van der Waals surface area contributed by atoms with Gasteiger partial charge in [-0.1, -0.05) is 30.3 Å². The van der Waals surface area contributed by atoms with E-state index in [4.69, 9.17) is 0 Å². The van der Waals surface area contributed by atoms with Crippen LogP contribution in [0.3, 0.4) is 0 Å². The number of ketones is 1. The van der Waals surface area contributed by atoms with E-state index in [-0.39, 0.29) is 11.7 Å². The summed E-state index contributed by atoms with van der Waals surface area (Å²) in [6.45, 7) is 2.21. The first kappa shape index (κ1) is 19.1. The quantitative estimate of drug-likeness (QED) is 0.644. The highest BCUT2D eigenvalue weighted by atomic mass is 32.2. The predicted molar refractivity (Wildman–Crippen MR) is 115 cm³/mol. The maximum atomic E-state index is 12.9. The Morgan fingerprint density at radius 3 is 2.41 bits per heavy atom. The lowest BCUT2D eigenvalue weighted by Crippen LogP contribution is -2.37. The lowest BCUT2D eigenvalue weighted by Gasteiger charge is -2.24. The van der Waals surface area contributed by atoms with Crippen molar-refractivity contribution in [3.8, 4) is 0 Å². The summed E-state index contributed by atoms with van der Waals surface area (Å²) in [5.41, 5.74) is 3.38. The van der Waals surface area contributed by atoms with E-state index in [1.807, 2.05) is 43.3 Å². The van der Waals surface area contributed by atoms with Gasteiger partial charge in [-0.15, -0.1) is 0 Å². The average molecular weight is 404 g/mol. The number of para-hydroxylation sites is 1. The molecular formula is C23H20N2O3S. The Kier molecular flexibility index (Phi) is 5.27. The van der Waals surface area contributed by atoms with Crippen LogP contribution < -0.4 is 10.6 Å². The molecule has 6 heteroatoms. The molecule has 0 radical (unpaired) electrons. The van der Waals surface area contributed by atoms with Crippen LogP contribution in [-0.4, -0.2) is 27.7 Å². The van der Waals surface area contributed by atoms with Crippen molar-refractivity contribution in [1.82, 2.24) is 0 Å². The fourth-order valence-electron chi connectivity index (χ4n) is 3.34. The zero-order valence-electron chi connectivity index (χ0n) is 15.8. The second kappa shape index (κ2) is 8.01. The first-order chi connectivity index (χ1) is 14.0. The molecule has 0 saturated heterocycles. The molecule has 1 aliphatic heterocycles. The van der Waals surface area contributed by atoms with Crippen molar-refractivity contribution >= 4 is 33.9 Å². The fourth-order valence-corrected chi connectivity index (χ4v) is 4.78. The van der Waals surface area contributed by atoms with Gasteiger partial charge >= 0.3 is 0 Å². The number of amides is 1. The highest BCUT2D eigenvalue weighted by molar-refractivity contribution is 7.86.